The molecule has 4 nitrogen and oxygen atoms in total. The minimum Gasteiger partial charge on any atom is -0.394 e. The highest BCUT2D eigenvalue weighted by molar-refractivity contribution is 4.79. The second kappa shape index (κ2) is 7.17. The molecule has 0 aliphatic heterocycles. The van der Waals surface area contributed by atoms with Crippen molar-refractivity contribution in [3.8, 4) is 0 Å². The van der Waals surface area contributed by atoms with E-state index in [4.69, 9.17) is 9.84 Å². The summed E-state index contributed by atoms with van der Waals surface area (Å²) in [7, 11) is 0. The third-order valence-electron chi connectivity index (χ3n) is 2.62. The molecule has 0 radical (unpaired) electrons. The number of aliphatic hydroxyl groups excluding tert-OH is 2. The fourth-order valence-electron chi connectivity index (χ4n) is 1.83. The number of ether oxygens (including phenoxy) is 1. The highest BCUT2D eigenvalue weighted by Gasteiger charge is 2.21. The minimum atomic E-state index is -0.193. The van der Waals surface area contributed by atoms with Crippen LogP contribution in [0.3, 0.4) is 0 Å². The first kappa shape index (κ1) is 11.9. The molecule has 1 fully saturated rings. The van der Waals surface area contributed by atoms with Crippen molar-refractivity contribution in [3.05, 3.63) is 0 Å². The molecular weight excluding hydrogens is 182 g/mol. The highest BCUT2D eigenvalue weighted by Crippen LogP contribution is 2.17. The maximum atomic E-state index is 9.63. The molecule has 0 aromatic rings. The zero-order valence-electron chi connectivity index (χ0n) is 8.61. The number of nitrogens with one attached hydrogen (secondary N) is 1. The van der Waals surface area contributed by atoms with E-state index in [9.17, 15) is 5.11 Å². The summed E-state index contributed by atoms with van der Waals surface area (Å²) >= 11 is 0. The van der Waals surface area contributed by atoms with E-state index in [1.807, 2.05) is 0 Å². The van der Waals surface area contributed by atoms with Crippen molar-refractivity contribution in [2.75, 3.05) is 26.4 Å². The van der Waals surface area contributed by atoms with Gasteiger partial charge in [-0.05, 0) is 12.8 Å². The Morgan fingerprint density at radius 3 is 2.71 bits per heavy atom. The van der Waals surface area contributed by atoms with Crippen LogP contribution in [-0.4, -0.2) is 48.7 Å². The molecule has 1 rings (SSSR count). The second-order valence-corrected chi connectivity index (χ2v) is 3.75. The summed E-state index contributed by atoms with van der Waals surface area (Å²) < 4.78 is 5.11. The Morgan fingerprint density at radius 2 is 2.00 bits per heavy atom. The molecule has 1 saturated carbocycles. The molecule has 0 bridgehead atoms. The number of hydrogen-bond donors (Lipinski definition) is 3. The maximum absolute atomic E-state index is 9.63. The van der Waals surface area contributed by atoms with Crippen LogP contribution in [0.25, 0.3) is 0 Å². The topological polar surface area (TPSA) is 61.7 Å². The molecule has 1 aliphatic carbocycles. The fraction of sp³-hybridized carbons (Fsp3) is 1.00. The summed E-state index contributed by atoms with van der Waals surface area (Å²) in [6.45, 7) is 1.83. The van der Waals surface area contributed by atoms with E-state index >= 15 is 0 Å². The quantitative estimate of drug-likeness (QED) is 0.527. The van der Waals surface area contributed by atoms with Crippen LogP contribution < -0.4 is 5.32 Å². The average Bonchev–Trinajstić information content (AvgIpc) is 2.20. The Hall–Kier alpha value is -0.160. The predicted octanol–water partition coefficient (Wildman–Crippen LogP) is -0.112. The Morgan fingerprint density at radius 1 is 1.21 bits per heavy atom. The van der Waals surface area contributed by atoms with Crippen molar-refractivity contribution in [3.63, 3.8) is 0 Å². The Bertz CT molecular complexity index is 143. The Labute approximate surface area is 85.3 Å². The van der Waals surface area contributed by atoms with Crippen molar-refractivity contribution < 1.29 is 14.9 Å². The lowest BCUT2D eigenvalue weighted by atomic mass is 9.93. The highest BCUT2D eigenvalue weighted by atomic mass is 16.5. The molecule has 0 spiro atoms. The summed E-state index contributed by atoms with van der Waals surface area (Å²) in [6, 6.07) is 0.237. The molecule has 4 heteroatoms. The van der Waals surface area contributed by atoms with Gasteiger partial charge in [0.25, 0.3) is 0 Å². The average molecular weight is 203 g/mol. The molecule has 0 saturated heterocycles. The van der Waals surface area contributed by atoms with Crippen LogP contribution >= 0.6 is 0 Å². The Balaban J connectivity index is 1.99. The molecule has 14 heavy (non-hydrogen) atoms. The maximum Gasteiger partial charge on any atom is 0.0698 e. The van der Waals surface area contributed by atoms with Gasteiger partial charge in [0.2, 0.25) is 0 Å². The largest absolute Gasteiger partial charge is 0.394 e. The molecule has 0 aromatic heterocycles. The summed E-state index contributed by atoms with van der Waals surface area (Å²) in [5.41, 5.74) is 0. The summed E-state index contributed by atoms with van der Waals surface area (Å²) in [5.74, 6) is 0. The van der Waals surface area contributed by atoms with Crippen molar-refractivity contribution in [2.24, 2.45) is 0 Å². The summed E-state index contributed by atoms with van der Waals surface area (Å²) in [5, 5.41) is 21.4. The van der Waals surface area contributed by atoms with E-state index in [2.05, 4.69) is 5.32 Å². The minimum absolute atomic E-state index is 0.0754. The molecule has 2 atom stereocenters. The van der Waals surface area contributed by atoms with Crippen LogP contribution in [0.15, 0.2) is 0 Å². The second-order valence-electron chi connectivity index (χ2n) is 3.75. The molecule has 3 N–H and O–H groups in total. The zero-order chi connectivity index (χ0) is 10.2. The molecular formula is C10H21NO3. The zero-order valence-corrected chi connectivity index (χ0v) is 8.61. The number of aliphatic hydroxyl groups is 2. The van der Waals surface area contributed by atoms with Crippen LogP contribution in [0.4, 0.5) is 0 Å². The van der Waals surface area contributed by atoms with E-state index in [0.717, 1.165) is 25.8 Å². The lowest BCUT2D eigenvalue weighted by molar-refractivity contribution is 0.0704. The van der Waals surface area contributed by atoms with Crippen molar-refractivity contribution in [2.45, 2.75) is 37.8 Å². The van der Waals surface area contributed by atoms with Gasteiger partial charge in [-0.2, -0.15) is 0 Å². The van der Waals surface area contributed by atoms with Crippen LogP contribution in [0, 0.1) is 0 Å². The third-order valence-corrected chi connectivity index (χ3v) is 2.62. The van der Waals surface area contributed by atoms with Crippen LogP contribution in [0.5, 0.6) is 0 Å². The van der Waals surface area contributed by atoms with Gasteiger partial charge < -0.3 is 20.3 Å². The van der Waals surface area contributed by atoms with Gasteiger partial charge in [0.1, 0.15) is 0 Å². The SMILES string of the molecule is OCCOCCNC1CCCCC1O. The van der Waals surface area contributed by atoms with Gasteiger partial charge in [0, 0.05) is 12.6 Å². The monoisotopic (exact) mass is 203 g/mol. The van der Waals surface area contributed by atoms with Gasteiger partial charge in [-0.15, -0.1) is 0 Å². The third kappa shape index (κ3) is 4.37. The van der Waals surface area contributed by atoms with Crippen LogP contribution in [-0.2, 0) is 4.74 Å². The smallest absolute Gasteiger partial charge is 0.0698 e. The molecule has 1 aliphatic rings. The first-order chi connectivity index (χ1) is 6.84. The molecule has 84 valence electrons. The summed E-state index contributed by atoms with van der Waals surface area (Å²) in [4.78, 5) is 0. The van der Waals surface area contributed by atoms with Crippen molar-refractivity contribution in [1.82, 2.24) is 5.32 Å². The standard InChI is InChI=1S/C10H21NO3/c12-6-8-14-7-5-11-9-3-1-2-4-10(9)13/h9-13H,1-8H2. The molecule has 0 heterocycles. The van der Waals surface area contributed by atoms with Gasteiger partial charge in [0.05, 0.1) is 25.9 Å². The molecule has 0 aromatic carbocycles. The lowest BCUT2D eigenvalue weighted by Crippen LogP contribution is -2.43. The van der Waals surface area contributed by atoms with Crippen LogP contribution in [0.1, 0.15) is 25.7 Å². The first-order valence-electron chi connectivity index (χ1n) is 5.44. The normalized spacial score (nSPS) is 27.9. The predicted molar refractivity (Wildman–Crippen MR) is 54.2 cm³/mol. The summed E-state index contributed by atoms with van der Waals surface area (Å²) in [6.07, 6.45) is 4.12. The van der Waals surface area contributed by atoms with Crippen molar-refractivity contribution in [1.29, 1.82) is 0 Å². The van der Waals surface area contributed by atoms with E-state index in [1.54, 1.807) is 0 Å². The van der Waals surface area contributed by atoms with Gasteiger partial charge in [0.15, 0.2) is 0 Å². The van der Waals surface area contributed by atoms with E-state index in [1.165, 1.54) is 6.42 Å². The molecule has 0 amide bonds. The van der Waals surface area contributed by atoms with Gasteiger partial charge >= 0.3 is 0 Å². The van der Waals surface area contributed by atoms with Gasteiger partial charge in [-0.25, -0.2) is 0 Å². The van der Waals surface area contributed by atoms with E-state index in [0.29, 0.717) is 13.2 Å². The van der Waals surface area contributed by atoms with E-state index in [-0.39, 0.29) is 18.8 Å². The first-order valence-corrected chi connectivity index (χ1v) is 5.44. The van der Waals surface area contributed by atoms with E-state index < -0.39 is 0 Å². The Kier molecular flexibility index (Phi) is 6.10. The number of rotatable bonds is 6. The van der Waals surface area contributed by atoms with Gasteiger partial charge in [-0.1, -0.05) is 12.8 Å². The van der Waals surface area contributed by atoms with Crippen molar-refractivity contribution >= 4 is 0 Å². The lowest BCUT2D eigenvalue weighted by Gasteiger charge is -2.28. The van der Waals surface area contributed by atoms with Crippen LogP contribution in [0.2, 0.25) is 0 Å². The molecule has 2 unspecified atom stereocenters. The number of hydrogen-bond acceptors (Lipinski definition) is 4. The fourth-order valence-corrected chi connectivity index (χ4v) is 1.83. The van der Waals surface area contributed by atoms with Gasteiger partial charge in [-0.3, -0.25) is 0 Å².